The SMILES string of the molecule is Cc1cccn2c(=O)nc(SCC(=O)N(C(C)C)C(C)C)nc12. The van der Waals surface area contributed by atoms with E-state index in [4.69, 9.17) is 0 Å². The average molecular weight is 334 g/mol. The van der Waals surface area contributed by atoms with Gasteiger partial charge in [0.2, 0.25) is 5.91 Å². The molecule has 0 saturated carbocycles. The van der Waals surface area contributed by atoms with E-state index in [1.54, 1.807) is 12.3 Å². The molecule has 23 heavy (non-hydrogen) atoms. The van der Waals surface area contributed by atoms with Crippen molar-refractivity contribution in [3.8, 4) is 0 Å². The Labute approximate surface area is 139 Å². The summed E-state index contributed by atoms with van der Waals surface area (Å²) in [5, 5.41) is 0.338. The van der Waals surface area contributed by atoms with Gasteiger partial charge in [-0.1, -0.05) is 17.8 Å². The van der Waals surface area contributed by atoms with Crippen LogP contribution in [0.25, 0.3) is 5.65 Å². The number of pyridine rings is 1. The average Bonchev–Trinajstić information content (AvgIpc) is 2.45. The first kappa shape index (κ1) is 17.5. The number of thioether (sulfide) groups is 1. The Morgan fingerprint density at radius 3 is 2.52 bits per heavy atom. The summed E-state index contributed by atoms with van der Waals surface area (Å²) in [6.45, 7) is 9.85. The largest absolute Gasteiger partial charge is 0.355 e. The number of carbonyl (C=O) groups excluding carboxylic acids is 1. The predicted molar refractivity (Wildman–Crippen MR) is 91.8 cm³/mol. The van der Waals surface area contributed by atoms with Gasteiger partial charge in [0, 0.05) is 18.3 Å². The van der Waals surface area contributed by atoms with Crippen LogP contribution >= 0.6 is 11.8 Å². The number of amides is 1. The van der Waals surface area contributed by atoms with Crippen molar-refractivity contribution < 1.29 is 4.79 Å². The molecule has 124 valence electrons. The highest BCUT2D eigenvalue weighted by atomic mass is 32.2. The van der Waals surface area contributed by atoms with Crippen molar-refractivity contribution in [3.63, 3.8) is 0 Å². The van der Waals surface area contributed by atoms with E-state index in [0.717, 1.165) is 5.56 Å². The Bertz CT molecular complexity index is 762. The summed E-state index contributed by atoms with van der Waals surface area (Å²) in [5.41, 5.74) is 1.09. The van der Waals surface area contributed by atoms with Gasteiger partial charge in [-0.15, -0.1) is 0 Å². The molecule has 0 aliphatic carbocycles. The molecule has 0 unspecified atom stereocenters. The number of aryl methyl sites for hydroxylation is 1. The summed E-state index contributed by atoms with van der Waals surface area (Å²) in [6.07, 6.45) is 1.64. The summed E-state index contributed by atoms with van der Waals surface area (Å²) < 4.78 is 1.41. The van der Waals surface area contributed by atoms with Crippen molar-refractivity contribution in [2.75, 3.05) is 5.75 Å². The molecule has 2 aromatic rings. The smallest absolute Gasteiger partial charge is 0.337 e. The zero-order chi connectivity index (χ0) is 17.1. The molecule has 2 heterocycles. The predicted octanol–water partition coefficient (Wildman–Crippen LogP) is 2.14. The molecule has 0 aliphatic heterocycles. The van der Waals surface area contributed by atoms with E-state index < -0.39 is 0 Å². The fraction of sp³-hybridized carbons (Fsp3) is 0.500. The summed E-state index contributed by atoms with van der Waals surface area (Å²) in [4.78, 5) is 34.6. The molecule has 0 radical (unpaired) electrons. The van der Waals surface area contributed by atoms with Crippen molar-refractivity contribution in [2.45, 2.75) is 51.9 Å². The summed E-state index contributed by atoms with van der Waals surface area (Å²) in [5.74, 6) is 0.242. The number of carbonyl (C=O) groups is 1. The molecule has 2 aromatic heterocycles. The monoisotopic (exact) mass is 334 g/mol. The molecule has 0 saturated heterocycles. The van der Waals surface area contributed by atoms with E-state index in [9.17, 15) is 9.59 Å². The maximum Gasteiger partial charge on any atom is 0.355 e. The van der Waals surface area contributed by atoms with E-state index >= 15 is 0 Å². The Morgan fingerprint density at radius 2 is 1.91 bits per heavy atom. The lowest BCUT2D eigenvalue weighted by atomic mass is 10.2. The fourth-order valence-corrected chi connectivity index (χ4v) is 3.29. The van der Waals surface area contributed by atoms with Crippen LogP contribution < -0.4 is 5.69 Å². The second kappa shape index (κ2) is 7.12. The minimum Gasteiger partial charge on any atom is -0.337 e. The van der Waals surface area contributed by atoms with Gasteiger partial charge in [-0.3, -0.25) is 9.20 Å². The number of nitrogens with zero attached hydrogens (tertiary/aromatic N) is 4. The lowest BCUT2D eigenvalue weighted by Crippen LogP contribution is -2.43. The van der Waals surface area contributed by atoms with Gasteiger partial charge in [0.1, 0.15) is 5.65 Å². The fourth-order valence-electron chi connectivity index (χ4n) is 2.59. The van der Waals surface area contributed by atoms with Crippen LogP contribution in [0.15, 0.2) is 28.3 Å². The van der Waals surface area contributed by atoms with Crippen LogP contribution in [0.3, 0.4) is 0 Å². The molecule has 2 rings (SSSR count). The van der Waals surface area contributed by atoms with Crippen LogP contribution in [0.2, 0.25) is 0 Å². The Morgan fingerprint density at radius 1 is 1.26 bits per heavy atom. The van der Waals surface area contributed by atoms with E-state index in [0.29, 0.717) is 10.8 Å². The van der Waals surface area contributed by atoms with Crippen molar-refractivity contribution >= 4 is 23.3 Å². The van der Waals surface area contributed by atoms with Crippen LogP contribution in [0.4, 0.5) is 0 Å². The van der Waals surface area contributed by atoms with Crippen LogP contribution in [0.1, 0.15) is 33.3 Å². The van der Waals surface area contributed by atoms with E-state index in [1.165, 1.54) is 16.2 Å². The van der Waals surface area contributed by atoms with Crippen molar-refractivity contribution in [2.24, 2.45) is 0 Å². The van der Waals surface area contributed by atoms with Gasteiger partial charge in [-0.25, -0.2) is 9.78 Å². The van der Waals surface area contributed by atoms with Gasteiger partial charge in [0.05, 0.1) is 5.75 Å². The zero-order valence-corrected chi connectivity index (χ0v) is 14.9. The minimum absolute atomic E-state index is 0.0218. The Hall–Kier alpha value is -1.89. The molecule has 1 amide bonds. The van der Waals surface area contributed by atoms with Crippen molar-refractivity contribution in [1.82, 2.24) is 19.3 Å². The molecular weight excluding hydrogens is 312 g/mol. The second-order valence-electron chi connectivity index (χ2n) is 5.95. The van der Waals surface area contributed by atoms with Crippen LogP contribution in [0.5, 0.6) is 0 Å². The van der Waals surface area contributed by atoms with Gasteiger partial charge in [-0.2, -0.15) is 4.98 Å². The minimum atomic E-state index is -0.377. The number of aromatic nitrogens is 3. The Kier molecular flexibility index (Phi) is 5.41. The van der Waals surface area contributed by atoms with Crippen molar-refractivity contribution in [1.29, 1.82) is 0 Å². The molecule has 6 nitrogen and oxygen atoms in total. The van der Waals surface area contributed by atoms with E-state index in [2.05, 4.69) is 9.97 Å². The first-order chi connectivity index (χ1) is 10.8. The zero-order valence-electron chi connectivity index (χ0n) is 14.1. The third-order valence-electron chi connectivity index (χ3n) is 3.49. The first-order valence-electron chi connectivity index (χ1n) is 7.61. The molecule has 0 spiro atoms. The highest BCUT2D eigenvalue weighted by molar-refractivity contribution is 7.99. The number of rotatable bonds is 5. The molecule has 0 fully saturated rings. The summed E-state index contributed by atoms with van der Waals surface area (Å²) in [7, 11) is 0. The van der Waals surface area contributed by atoms with Gasteiger partial charge in [0.15, 0.2) is 5.16 Å². The van der Waals surface area contributed by atoms with Crippen LogP contribution in [-0.4, -0.2) is 43.0 Å². The maximum absolute atomic E-state index is 12.4. The number of hydrogen-bond acceptors (Lipinski definition) is 5. The quantitative estimate of drug-likeness (QED) is 0.784. The van der Waals surface area contributed by atoms with E-state index in [-0.39, 0.29) is 29.4 Å². The third-order valence-corrected chi connectivity index (χ3v) is 4.32. The molecule has 0 aliphatic rings. The summed E-state index contributed by atoms with van der Waals surface area (Å²) in [6, 6.07) is 3.94. The number of fused-ring (bicyclic) bond motifs is 1. The summed E-state index contributed by atoms with van der Waals surface area (Å²) >= 11 is 1.20. The molecule has 0 aromatic carbocycles. The topological polar surface area (TPSA) is 67.6 Å². The lowest BCUT2D eigenvalue weighted by molar-refractivity contribution is -0.131. The van der Waals surface area contributed by atoms with Gasteiger partial charge < -0.3 is 4.90 Å². The van der Waals surface area contributed by atoms with Gasteiger partial charge in [0.25, 0.3) is 0 Å². The maximum atomic E-state index is 12.4. The lowest BCUT2D eigenvalue weighted by Gasteiger charge is -2.30. The highest BCUT2D eigenvalue weighted by Gasteiger charge is 2.20. The molecule has 0 bridgehead atoms. The van der Waals surface area contributed by atoms with Crippen LogP contribution in [0, 0.1) is 6.92 Å². The highest BCUT2D eigenvalue weighted by Crippen LogP contribution is 2.16. The van der Waals surface area contributed by atoms with Gasteiger partial charge in [-0.05, 0) is 46.2 Å². The molecular formula is C16H22N4O2S. The first-order valence-corrected chi connectivity index (χ1v) is 8.59. The second-order valence-corrected chi connectivity index (χ2v) is 6.89. The molecule has 7 heteroatoms. The van der Waals surface area contributed by atoms with Gasteiger partial charge >= 0.3 is 5.69 Å². The normalized spacial score (nSPS) is 11.4. The van der Waals surface area contributed by atoms with E-state index in [1.807, 2.05) is 45.6 Å². The standard InChI is InChI=1S/C16H22N4O2S/c1-10(2)20(11(3)4)13(21)9-23-15-17-14-12(5)7-6-8-19(14)16(22)18-15/h6-8,10-11H,9H2,1-5H3. The molecule has 0 atom stereocenters. The Balaban J connectivity index is 2.21. The molecule has 0 N–H and O–H groups in total. The number of hydrogen-bond donors (Lipinski definition) is 0. The third kappa shape index (κ3) is 3.90. The van der Waals surface area contributed by atoms with Crippen LogP contribution in [-0.2, 0) is 4.79 Å². The van der Waals surface area contributed by atoms with Crippen molar-refractivity contribution in [3.05, 3.63) is 34.4 Å².